The summed E-state index contributed by atoms with van der Waals surface area (Å²) in [6.45, 7) is 6.84. The molecule has 1 aliphatic heterocycles. The van der Waals surface area contributed by atoms with Crippen molar-refractivity contribution in [3.05, 3.63) is 104 Å². The van der Waals surface area contributed by atoms with Crippen LogP contribution in [0.4, 0.5) is 5.95 Å². The molecule has 44 heavy (non-hydrogen) atoms. The van der Waals surface area contributed by atoms with Crippen LogP contribution in [0, 0.1) is 5.92 Å². The number of anilines is 1. The van der Waals surface area contributed by atoms with E-state index in [1.165, 1.54) is 11.8 Å². The Morgan fingerprint density at radius 1 is 1.14 bits per heavy atom. The zero-order valence-electron chi connectivity index (χ0n) is 25.0. The highest BCUT2D eigenvalue weighted by atomic mass is 79.9. The molecule has 0 aliphatic carbocycles. The maximum Gasteiger partial charge on any atom is 0.338 e. The second-order valence-electron chi connectivity index (χ2n) is 10.7. The molecule has 5 rings (SSSR count). The molecule has 0 saturated heterocycles. The average molecular weight is 698 g/mol. The van der Waals surface area contributed by atoms with Gasteiger partial charge in [-0.1, -0.05) is 85.7 Å². The van der Waals surface area contributed by atoms with Gasteiger partial charge in [0.05, 0.1) is 23.8 Å². The van der Waals surface area contributed by atoms with Gasteiger partial charge in [0.1, 0.15) is 12.6 Å². The Labute approximate surface area is 275 Å². The number of rotatable bonds is 12. The Hall–Kier alpha value is -3.47. The van der Waals surface area contributed by atoms with Crippen molar-refractivity contribution >= 4 is 51.2 Å². The Morgan fingerprint density at radius 3 is 2.61 bits per heavy atom. The van der Waals surface area contributed by atoms with E-state index in [0.717, 1.165) is 23.1 Å². The number of halogens is 2. The molecule has 230 valence electrons. The van der Waals surface area contributed by atoms with Crippen molar-refractivity contribution in [3.63, 3.8) is 0 Å². The number of thioether (sulfide) groups is 1. The van der Waals surface area contributed by atoms with E-state index in [0.29, 0.717) is 61.6 Å². The number of methoxy groups -OCH3 is 1. The lowest BCUT2D eigenvalue weighted by molar-refractivity contribution is -0.140. The number of aromatic nitrogens is 3. The first kappa shape index (κ1) is 31.9. The number of hydrogen-bond acceptors (Lipinski definition) is 8. The van der Waals surface area contributed by atoms with E-state index in [9.17, 15) is 4.79 Å². The number of nitrogens with one attached hydrogen (secondary N) is 1. The molecule has 1 unspecified atom stereocenters. The summed E-state index contributed by atoms with van der Waals surface area (Å²) in [6, 6.07) is 20.5. The highest BCUT2D eigenvalue weighted by molar-refractivity contribution is 9.10. The van der Waals surface area contributed by atoms with Crippen molar-refractivity contribution in [3.8, 4) is 11.5 Å². The standard InChI is InChI=1S/C33H34BrClN4O4S/c1-20(2)14-15-42-30-25(34)16-24(17-27(30)41-4)29-28(31(40)43-18-22-10-6-5-7-11-22)21(3)36-32-37-33(38-39(29)32)44-19-23-12-8-9-13-26(23)35/h5-13,16-17,20,29H,14-15,18-19H2,1-4H3,(H,36,37,38). The Bertz CT molecular complexity index is 1660. The first-order valence-electron chi connectivity index (χ1n) is 14.3. The largest absolute Gasteiger partial charge is 0.493 e. The molecule has 0 spiro atoms. The van der Waals surface area contributed by atoms with Gasteiger partial charge in [0.2, 0.25) is 11.1 Å². The second kappa shape index (κ2) is 14.5. The number of allylic oxidation sites excluding steroid dienone is 1. The number of benzene rings is 3. The van der Waals surface area contributed by atoms with Crippen LogP contribution in [-0.4, -0.2) is 34.5 Å². The monoisotopic (exact) mass is 696 g/mol. The van der Waals surface area contributed by atoms with Gasteiger partial charge in [-0.05, 0) is 70.1 Å². The summed E-state index contributed by atoms with van der Waals surface area (Å²) < 4.78 is 20.1. The van der Waals surface area contributed by atoms with Crippen molar-refractivity contribution in [1.29, 1.82) is 0 Å². The minimum Gasteiger partial charge on any atom is -0.493 e. The number of esters is 1. The predicted molar refractivity (Wildman–Crippen MR) is 177 cm³/mol. The van der Waals surface area contributed by atoms with E-state index in [2.05, 4.69) is 35.1 Å². The lowest BCUT2D eigenvalue weighted by Gasteiger charge is -2.29. The van der Waals surface area contributed by atoms with Crippen molar-refractivity contribution in [2.24, 2.45) is 5.92 Å². The molecule has 0 fully saturated rings. The number of carbonyl (C=O) groups is 1. The van der Waals surface area contributed by atoms with E-state index in [4.69, 9.17) is 35.9 Å². The molecular formula is C33H34BrClN4O4S. The van der Waals surface area contributed by atoms with Gasteiger partial charge in [0, 0.05) is 16.5 Å². The summed E-state index contributed by atoms with van der Waals surface area (Å²) >= 11 is 11.5. The van der Waals surface area contributed by atoms with Crippen LogP contribution in [-0.2, 0) is 21.9 Å². The van der Waals surface area contributed by atoms with Crippen LogP contribution in [0.3, 0.4) is 0 Å². The molecule has 11 heteroatoms. The quantitative estimate of drug-likeness (QED) is 0.117. The van der Waals surface area contributed by atoms with Crippen molar-refractivity contribution < 1.29 is 19.0 Å². The minimum atomic E-state index is -0.647. The van der Waals surface area contributed by atoms with Gasteiger partial charge in [-0.25, -0.2) is 9.48 Å². The lowest BCUT2D eigenvalue weighted by atomic mass is 9.95. The van der Waals surface area contributed by atoms with E-state index >= 15 is 0 Å². The van der Waals surface area contributed by atoms with Crippen LogP contribution in [0.1, 0.15) is 49.9 Å². The first-order valence-corrected chi connectivity index (χ1v) is 16.4. The van der Waals surface area contributed by atoms with Gasteiger partial charge in [0.25, 0.3) is 0 Å². The molecule has 4 aromatic rings. The fraction of sp³-hybridized carbons (Fsp3) is 0.303. The molecule has 0 radical (unpaired) electrons. The van der Waals surface area contributed by atoms with Crippen LogP contribution in [0.15, 0.2) is 87.6 Å². The van der Waals surface area contributed by atoms with Gasteiger partial charge in [-0.15, -0.1) is 5.10 Å². The maximum atomic E-state index is 13.8. The minimum absolute atomic E-state index is 0.141. The van der Waals surface area contributed by atoms with Gasteiger partial charge in [-0.2, -0.15) is 4.98 Å². The zero-order chi connectivity index (χ0) is 31.2. The third-order valence-electron chi connectivity index (χ3n) is 7.09. The molecule has 0 saturated carbocycles. The van der Waals surface area contributed by atoms with E-state index in [1.807, 2.05) is 73.7 Å². The Kier molecular flexibility index (Phi) is 10.6. The average Bonchev–Trinajstić information content (AvgIpc) is 3.42. The lowest BCUT2D eigenvalue weighted by Crippen LogP contribution is -2.29. The van der Waals surface area contributed by atoms with Crippen molar-refractivity contribution in [2.75, 3.05) is 19.0 Å². The molecular weight excluding hydrogens is 664 g/mol. The topological polar surface area (TPSA) is 87.5 Å². The maximum absolute atomic E-state index is 13.8. The Morgan fingerprint density at radius 2 is 1.89 bits per heavy atom. The van der Waals surface area contributed by atoms with Crippen LogP contribution in [0.2, 0.25) is 5.02 Å². The zero-order valence-corrected chi connectivity index (χ0v) is 28.1. The smallest absolute Gasteiger partial charge is 0.338 e. The second-order valence-corrected chi connectivity index (χ2v) is 12.9. The van der Waals surface area contributed by atoms with Crippen LogP contribution < -0.4 is 14.8 Å². The number of carbonyl (C=O) groups excluding carboxylic acids is 1. The summed E-state index contributed by atoms with van der Waals surface area (Å²) in [6.07, 6.45) is 0.905. The SMILES string of the molecule is COc1cc(C2C(C(=O)OCc3ccccc3)=C(C)Nc3nc(SCc4ccccc4Cl)nn32)cc(Br)c1OCCC(C)C. The fourth-order valence-electron chi connectivity index (χ4n) is 4.76. The molecule has 1 N–H and O–H groups in total. The summed E-state index contributed by atoms with van der Waals surface area (Å²) in [5, 5.41) is 9.36. The highest BCUT2D eigenvalue weighted by Gasteiger charge is 2.36. The van der Waals surface area contributed by atoms with Gasteiger partial charge in [0.15, 0.2) is 11.5 Å². The molecule has 1 aromatic heterocycles. The van der Waals surface area contributed by atoms with E-state index in [1.54, 1.807) is 11.8 Å². The molecule has 8 nitrogen and oxygen atoms in total. The molecule has 3 aromatic carbocycles. The van der Waals surface area contributed by atoms with Gasteiger partial charge >= 0.3 is 5.97 Å². The van der Waals surface area contributed by atoms with Crippen molar-refractivity contribution in [2.45, 2.75) is 50.8 Å². The fourth-order valence-corrected chi connectivity index (χ4v) is 6.45. The van der Waals surface area contributed by atoms with E-state index < -0.39 is 12.0 Å². The normalized spacial score (nSPS) is 14.3. The molecule has 0 bridgehead atoms. The predicted octanol–water partition coefficient (Wildman–Crippen LogP) is 8.45. The summed E-state index contributed by atoms with van der Waals surface area (Å²) in [5.41, 5.74) is 3.68. The van der Waals surface area contributed by atoms with Crippen LogP contribution in [0.25, 0.3) is 0 Å². The first-order chi connectivity index (χ1) is 21.2. The number of nitrogens with zero attached hydrogens (tertiary/aromatic N) is 3. The molecule has 1 atom stereocenters. The third-order valence-corrected chi connectivity index (χ3v) is 8.93. The van der Waals surface area contributed by atoms with Gasteiger partial charge < -0.3 is 19.5 Å². The van der Waals surface area contributed by atoms with Crippen LogP contribution in [0.5, 0.6) is 11.5 Å². The number of fused-ring (bicyclic) bond motifs is 1. The summed E-state index contributed by atoms with van der Waals surface area (Å²) in [7, 11) is 1.60. The summed E-state index contributed by atoms with van der Waals surface area (Å²) in [5.74, 6) is 2.30. The number of hydrogen-bond donors (Lipinski definition) is 1. The highest BCUT2D eigenvalue weighted by Crippen LogP contribution is 2.43. The molecule has 0 amide bonds. The Balaban J connectivity index is 1.51. The van der Waals surface area contributed by atoms with Gasteiger partial charge in [-0.3, -0.25) is 0 Å². The van der Waals surface area contributed by atoms with Crippen LogP contribution >= 0.6 is 39.3 Å². The van der Waals surface area contributed by atoms with Crippen molar-refractivity contribution in [1.82, 2.24) is 14.8 Å². The number of ether oxygens (including phenoxy) is 3. The molecule has 1 aliphatic rings. The van der Waals surface area contributed by atoms with E-state index in [-0.39, 0.29) is 6.61 Å². The molecule has 2 heterocycles. The third kappa shape index (κ3) is 7.42. The summed E-state index contributed by atoms with van der Waals surface area (Å²) in [4.78, 5) is 18.5.